The third kappa shape index (κ3) is 8.21. The molecule has 2 heteroatoms. The Morgan fingerprint density at radius 2 is 1.65 bits per heavy atom. The molecule has 0 saturated heterocycles. The molecule has 0 atom stereocenters. The molecule has 0 aromatic heterocycles. The largest absolute Gasteiger partial charge is 0.497 e. The quantitative estimate of drug-likeness (QED) is 0.547. The maximum absolute atomic E-state index is 5.23. The molecular weight excluding hydrogens is 246 g/mol. The molecule has 0 aliphatic heterocycles. The van der Waals surface area contributed by atoms with Crippen LogP contribution < -0.4 is 10.1 Å². The van der Waals surface area contributed by atoms with E-state index in [9.17, 15) is 0 Å². The van der Waals surface area contributed by atoms with Crippen LogP contribution in [0.5, 0.6) is 5.75 Å². The Morgan fingerprint density at radius 3 is 2.35 bits per heavy atom. The van der Waals surface area contributed by atoms with E-state index in [4.69, 9.17) is 4.74 Å². The number of methoxy groups -OCH3 is 1. The Hall–Kier alpha value is -1.02. The standard InChI is InChI=1S/C18H31NO/c1-3-4-5-6-7-8-9-10-14-19-16-17-12-11-13-18(15-17)20-2/h11-13,15,19H,3-10,14,16H2,1-2H3. The molecule has 0 amide bonds. The second-order valence-corrected chi connectivity index (χ2v) is 5.50. The fraction of sp³-hybridized carbons (Fsp3) is 0.667. The molecular formula is C18H31NO. The highest BCUT2D eigenvalue weighted by atomic mass is 16.5. The van der Waals surface area contributed by atoms with Crippen LogP contribution in [0, 0.1) is 0 Å². The van der Waals surface area contributed by atoms with Gasteiger partial charge in [-0.1, -0.05) is 64.0 Å². The first kappa shape index (κ1) is 17.0. The summed E-state index contributed by atoms with van der Waals surface area (Å²) in [5, 5.41) is 3.51. The number of rotatable bonds is 12. The summed E-state index contributed by atoms with van der Waals surface area (Å²) in [5.74, 6) is 0.941. The first-order valence-corrected chi connectivity index (χ1v) is 8.20. The van der Waals surface area contributed by atoms with Crippen LogP contribution in [0.2, 0.25) is 0 Å². The van der Waals surface area contributed by atoms with Crippen LogP contribution in [-0.2, 0) is 6.54 Å². The molecule has 1 aromatic rings. The van der Waals surface area contributed by atoms with Gasteiger partial charge in [0.1, 0.15) is 5.75 Å². The predicted molar refractivity (Wildman–Crippen MR) is 87.3 cm³/mol. The van der Waals surface area contributed by atoms with Crippen molar-refractivity contribution in [3.05, 3.63) is 29.8 Å². The summed E-state index contributed by atoms with van der Waals surface area (Å²) in [5.41, 5.74) is 1.30. The minimum Gasteiger partial charge on any atom is -0.497 e. The van der Waals surface area contributed by atoms with Crippen molar-refractivity contribution in [1.29, 1.82) is 0 Å². The molecule has 0 spiro atoms. The van der Waals surface area contributed by atoms with E-state index in [1.807, 2.05) is 12.1 Å². The van der Waals surface area contributed by atoms with E-state index >= 15 is 0 Å². The van der Waals surface area contributed by atoms with E-state index in [0.717, 1.165) is 18.8 Å². The Morgan fingerprint density at radius 1 is 0.950 bits per heavy atom. The van der Waals surface area contributed by atoms with Gasteiger partial charge in [0.05, 0.1) is 7.11 Å². The minimum absolute atomic E-state index is 0.938. The lowest BCUT2D eigenvalue weighted by Gasteiger charge is -2.06. The van der Waals surface area contributed by atoms with Gasteiger partial charge in [-0.3, -0.25) is 0 Å². The second-order valence-electron chi connectivity index (χ2n) is 5.50. The number of nitrogens with one attached hydrogen (secondary N) is 1. The number of hydrogen-bond acceptors (Lipinski definition) is 2. The molecule has 1 aromatic carbocycles. The first-order chi connectivity index (χ1) is 9.86. The SMILES string of the molecule is CCCCCCCCCCNCc1cccc(OC)c1. The van der Waals surface area contributed by atoms with Crippen LogP contribution in [0.15, 0.2) is 24.3 Å². The fourth-order valence-electron chi connectivity index (χ4n) is 2.40. The normalized spacial score (nSPS) is 10.7. The van der Waals surface area contributed by atoms with E-state index in [2.05, 4.69) is 24.4 Å². The van der Waals surface area contributed by atoms with Crippen molar-refractivity contribution >= 4 is 0 Å². The Labute approximate surface area is 124 Å². The molecule has 20 heavy (non-hydrogen) atoms. The van der Waals surface area contributed by atoms with E-state index < -0.39 is 0 Å². The van der Waals surface area contributed by atoms with Crippen LogP contribution in [-0.4, -0.2) is 13.7 Å². The van der Waals surface area contributed by atoms with E-state index in [1.165, 1.54) is 56.9 Å². The summed E-state index contributed by atoms with van der Waals surface area (Å²) in [4.78, 5) is 0. The van der Waals surface area contributed by atoms with Crippen LogP contribution in [0.1, 0.15) is 63.9 Å². The Bertz CT molecular complexity index is 338. The highest BCUT2D eigenvalue weighted by Gasteiger charge is 1.96. The third-order valence-corrected chi connectivity index (χ3v) is 3.67. The summed E-state index contributed by atoms with van der Waals surface area (Å²) in [7, 11) is 1.72. The summed E-state index contributed by atoms with van der Waals surface area (Å²) < 4.78 is 5.23. The summed E-state index contributed by atoms with van der Waals surface area (Å²) in [6, 6.07) is 8.28. The highest BCUT2D eigenvalue weighted by molar-refractivity contribution is 5.28. The number of unbranched alkanes of at least 4 members (excludes halogenated alkanes) is 7. The molecule has 114 valence electrons. The molecule has 1 N–H and O–H groups in total. The molecule has 0 unspecified atom stereocenters. The Balaban J connectivity index is 1.94. The first-order valence-electron chi connectivity index (χ1n) is 8.20. The molecule has 0 aliphatic carbocycles. The van der Waals surface area contributed by atoms with Crippen molar-refractivity contribution in [2.24, 2.45) is 0 Å². The van der Waals surface area contributed by atoms with Gasteiger partial charge in [-0.2, -0.15) is 0 Å². The van der Waals surface area contributed by atoms with Crippen molar-refractivity contribution < 1.29 is 4.74 Å². The van der Waals surface area contributed by atoms with Crippen LogP contribution >= 0.6 is 0 Å². The third-order valence-electron chi connectivity index (χ3n) is 3.67. The van der Waals surface area contributed by atoms with Gasteiger partial charge < -0.3 is 10.1 Å². The lowest BCUT2D eigenvalue weighted by Crippen LogP contribution is -2.14. The lowest BCUT2D eigenvalue weighted by molar-refractivity contribution is 0.414. The number of benzene rings is 1. The lowest BCUT2D eigenvalue weighted by atomic mass is 10.1. The van der Waals surface area contributed by atoms with E-state index in [1.54, 1.807) is 7.11 Å². The van der Waals surface area contributed by atoms with Gasteiger partial charge in [-0.05, 0) is 30.7 Å². The molecule has 2 nitrogen and oxygen atoms in total. The average Bonchev–Trinajstić information content (AvgIpc) is 2.49. The smallest absolute Gasteiger partial charge is 0.119 e. The van der Waals surface area contributed by atoms with Gasteiger partial charge in [-0.15, -0.1) is 0 Å². The molecule has 1 rings (SSSR count). The zero-order valence-corrected chi connectivity index (χ0v) is 13.3. The molecule has 0 radical (unpaired) electrons. The van der Waals surface area contributed by atoms with Crippen molar-refractivity contribution in [2.75, 3.05) is 13.7 Å². The monoisotopic (exact) mass is 277 g/mol. The van der Waals surface area contributed by atoms with Crippen LogP contribution in [0.25, 0.3) is 0 Å². The summed E-state index contributed by atoms with van der Waals surface area (Å²) >= 11 is 0. The van der Waals surface area contributed by atoms with E-state index in [-0.39, 0.29) is 0 Å². The van der Waals surface area contributed by atoms with Gasteiger partial charge in [0, 0.05) is 6.54 Å². The molecule has 0 fully saturated rings. The van der Waals surface area contributed by atoms with Gasteiger partial charge in [-0.25, -0.2) is 0 Å². The zero-order valence-electron chi connectivity index (χ0n) is 13.3. The fourth-order valence-corrected chi connectivity index (χ4v) is 2.40. The molecule has 0 saturated carbocycles. The van der Waals surface area contributed by atoms with Crippen LogP contribution in [0.3, 0.4) is 0 Å². The maximum Gasteiger partial charge on any atom is 0.119 e. The van der Waals surface area contributed by atoms with Crippen molar-refractivity contribution in [1.82, 2.24) is 5.32 Å². The minimum atomic E-state index is 0.938. The highest BCUT2D eigenvalue weighted by Crippen LogP contribution is 2.12. The molecule has 0 bridgehead atoms. The topological polar surface area (TPSA) is 21.3 Å². The van der Waals surface area contributed by atoms with Gasteiger partial charge in [0.15, 0.2) is 0 Å². The average molecular weight is 277 g/mol. The van der Waals surface area contributed by atoms with Crippen molar-refractivity contribution in [3.63, 3.8) is 0 Å². The zero-order chi connectivity index (χ0) is 14.5. The number of hydrogen-bond donors (Lipinski definition) is 1. The van der Waals surface area contributed by atoms with Gasteiger partial charge >= 0.3 is 0 Å². The molecule has 0 aliphatic rings. The molecule has 0 heterocycles. The van der Waals surface area contributed by atoms with Crippen LogP contribution in [0.4, 0.5) is 0 Å². The van der Waals surface area contributed by atoms with Crippen molar-refractivity contribution in [2.45, 2.75) is 64.8 Å². The second kappa shape index (κ2) is 11.8. The Kier molecular flexibility index (Phi) is 10.0. The van der Waals surface area contributed by atoms with Crippen molar-refractivity contribution in [3.8, 4) is 5.75 Å². The maximum atomic E-state index is 5.23. The summed E-state index contributed by atoms with van der Waals surface area (Å²) in [6.07, 6.45) is 11.0. The van der Waals surface area contributed by atoms with Gasteiger partial charge in [0.2, 0.25) is 0 Å². The van der Waals surface area contributed by atoms with E-state index in [0.29, 0.717) is 0 Å². The number of ether oxygens (including phenoxy) is 1. The predicted octanol–water partition coefficient (Wildman–Crippen LogP) is 4.93. The summed E-state index contributed by atoms with van der Waals surface area (Å²) in [6.45, 7) is 4.33. The van der Waals surface area contributed by atoms with Gasteiger partial charge in [0.25, 0.3) is 0 Å².